The molecule has 0 bridgehead atoms. The summed E-state index contributed by atoms with van der Waals surface area (Å²) in [5, 5.41) is 0. The molecule has 1 unspecified atom stereocenters. The SMILES string of the molecule is Cc1ccc(CN2CCCC(N)C2)c(Br)c1. The van der Waals surface area contributed by atoms with Crippen molar-refractivity contribution in [2.45, 2.75) is 32.4 Å². The first kappa shape index (κ1) is 12.1. The lowest BCUT2D eigenvalue weighted by Crippen LogP contribution is -2.42. The number of nitrogens with zero attached hydrogens (tertiary/aromatic N) is 1. The maximum absolute atomic E-state index is 5.99. The van der Waals surface area contributed by atoms with E-state index in [1.807, 2.05) is 0 Å². The maximum atomic E-state index is 5.99. The van der Waals surface area contributed by atoms with Crippen LogP contribution >= 0.6 is 15.9 Å². The van der Waals surface area contributed by atoms with Crippen LogP contribution in [-0.4, -0.2) is 24.0 Å². The second-order valence-electron chi connectivity index (χ2n) is 4.73. The van der Waals surface area contributed by atoms with Gasteiger partial charge in [0, 0.05) is 23.6 Å². The van der Waals surface area contributed by atoms with Crippen LogP contribution in [-0.2, 0) is 6.54 Å². The van der Waals surface area contributed by atoms with Crippen molar-refractivity contribution in [1.82, 2.24) is 4.90 Å². The van der Waals surface area contributed by atoms with Gasteiger partial charge < -0.3 is 5.73 Å². The van der Waals surface area contributed by atoms with Crippen molar-refractivity contribution in [3.8, 4) is 0 Å². The zero-order valence-corrected chi connectivity index (χ0v) is 11.3. The van der Waals surface area contributed by atoms with E-state index in [0.29, 0.717) is 6.04 Å². The molecule has 0 aromatic heterocycles. The summed E-state index contributed by atoms with van der Waals surface area (Å²) in [6, 6.07) is 6.92. The van der Waals surface area contributed by atoms with Gasteiger partial charge >= 0.3 is 0 Å². The monoisotopic (exact) mass is 282 g/mol. The average molecular weight is 283 g/mol. The molecule has 3 heteroatoms. The van der Waals surface area contributed by atoms with Gasteiger partial charge in [-0.2, -0.15) is 0 Å². The van der Waals surface area contributed by atoms with Crippen LogP contribution in [0, 0.1) is 6.92 Å². The Labute approximate surface area is 106 Å². The standard InChI is InChI=1S/C13H19BrN2/c1-10-4-5-11(13(14)7-10)8-16-6-2-3-12(15)9-16/h4-5,7,12H,2-3,6,8-9,15H2,1H3. The molecule has 0 saturated carbocycles. The van der Waals surface area contributed by atoms with Crippen LogP contribution in [0.1, 0.15) is 24.0 Å². The fourth-order valence-corrected chi connectivity index (χ4v) is 2.88. The summed E-state index contributed by atoms with van der Waals surface area (Å²) >= 11 is 3.63. The fraction of sp³-hybridized carbons (Fsp3) is 0.538. The zero-order chi connectivity index (χ0) is 11.5. The molecule has 1 aromatic carbocycles. The van der Waals surface area contributed by atoms with Crippen LogP contribution in [0.4, 0.5) is 0 Å². The molecule has 1 aliphatic heterocycles. The first-order valence-electron chi connectivity index (χ1n) is 5.88. The summed E-state index contributed by atoms with van der Waals surface area (Å²) in [5.74, 6) is 0. The normalized spacial score (nSPS) is 22.3. The van der Waals surface area contributed by atoms with E-state index in [-0.39, 0.29) is 0 Å². The Bertz CT molecular complexity index is 365. The molecule has 0 radical (unpaired) electrons. The molecular weight excluding hydrogens is 264 g/mol. The minimum Gasteiger partial charge on any atom is -0.327 e. The van der Waals surface area contributed by atoms with Crippen molar-refractivity contribution in [3.05, 3.63) is 33.8 Å². The highest BCUT2D eigenvalue weighted by Gasteiger charge is 2.17. The van der Waals surface area contributed by atoms with Crippen molar-refractivity contribution in [2.24, 2.45) is 5.73 Å². The third-order valence-electron chi connectivity index (χ3n) is 3.14. The lowest BCUT2D eigenvalue weighted by atomic mass is 10.1. The van der Waals surface area contributed by atoms with Crippen molar-refractivity contribution >= 4 is 15.9 Å². The molecule has 16 heavy (non-hydrogen) atoms. The van der Waals surface area contributed by atoms with Crippen LogP contribution < -0.4 is 5.73 Å². The molecule has 2 rings (SSSR count). The molecule has 1 saturated heterocycles. The molecule has 1 aliphatic rings. The molecule has 0 aliphatic carbocycles. The van der Waals surface area contributed by atoms with Crippen LogP contribution in [0.15, 0.2) is 22.7 Å². The Kier molecular flexibility index (Phi) is 4.00. The van der Waals surface area contributed by atoms with E-state index in [1.54, 1.807) is 0 Å². The third kappa shape index (κ3) is 3.06. The molecule has 1 fully saturated rings. The minimum atomic E-state index is 0.359. The van der Waals surface area contributed by atoms with Gasteiger partial charge in [-0.25, -0.2) is 0 Å². The maximum Gasteiger partial charge on any atom is 0.0245 e. The molecule has 1 heterocycles. The van der Waals surface area contributed by atoms with E-state index < -0.39 is 0 Å². The van der Waals surface area contributed by atoms with E-state index in [0.717, 1.165) is 13.1 Å². The van der Waals surface area contributed by atoms with E-state index >= 15 is 0 Å². The van der Waals surface area contributed by atoms with Crippen molar-refractivity contribution in [1.29, 1.82) is 0 Å². The number of nitrogens with two attached hydrogens (primary N) is 1. The molecule has 2 N–H and O–H groups in total. The molecule has 88 valence electrons. The first-order valence-corrected chi connectivity index (χ1v) is 6.67. The number of hydrogen-bond acceptors (Lipinski definition) is 2. The Morgan fingerprint density at radius 1 is 1.50 bits per heavy atom. The third-order valence-corrected chi connectivity index (χ3v) is 3.88. The van der Waals surface area contributed by atoms with Gasteiger partial charge in [0.25, 0.3) is 0 Å². The number of piperidine rings is 1. The molecule has 1 atom stereocenters. The van der Waals surface area contributed by atoms with Gasteiger partial charge in [-0.05, 0) is 43.5 Å². The largest absolute Gasteiger partial charge is 0.327 e. The summed E-state index contributed by atoms with van der Waals surface area (Å²) < 4.78 is 1.21. The van der Waals surface area contributed by atoms with Crippen LogP contribution in [0.25, 0.3) is 0 Å². The van der Waals surface area contributed by atoms with Gasteiger partial charge in [0.1, 0.15) is 0 Å². The highest BCUT2D eigenvalue weighted by Crippen LogP contribution is 2.21. The van der Waals surface area contributed by atoms with Crippen molar-refractivity contribution in [2.75, 3.05) is 13.1 Å². The predicted molar refractivity (Wildman–Crippen MR) is 71.4 cm³/mol. The van der Waals surface area contributed by atoms with Gasteiger partial charge in [0.2, 0.25) is 0 Å². The summed E-state index contributed by atoms with van der Waals surface area (Å²) in [6.07, 6.45) is 2.40. The number of rotatable bonds is 2. The lowest BCUT2D eigenvalue weighted by Gasteiger charge is -2.30. The lowest BCUT2D eigenvalue weighted by molar-refractivity contribution is 0.201. The Hall–Kier alpha value is -0.380. The van der Waals surface area contributed by atoms with Crippen LogP contribution in [0.5, 0.6) is 0 Å². The minimum absolute atomic E-state index is 0.359. The second-order valence-corrected chi connectivity index (χ2v) is 5.59. The average Bonchev–Trinajstić information content (AvgIpc) is 2.22. The van der Waals surface area contributed by atoms with E-state index in [9.17, 15) is 0 Å². The first-order chi connectivity index (χ1) is 7.65. The van der Waals surface area contributed by atoms with Gasteiger partial charge in [0.15, 0.2) is 0 Å². The highest BCUT2D eigenvalue weighted by atomic mass is 79.9. The Balaban J connectivity index is 2.02. The van der Waals surface area contributed by atoms with Gasteiger partial charge in [0.05, 0.1) is 0 Å². The number of hydrogen-bond donors (Lipinski definition) is 1. The van der Waals surface area contributed by atoms with E-state index in [4.69, 9.17) is 5.73 Å². The molecule has 2 nitrogen and oxygen atoms in total. The Morgan fingerprint density at radius 2 is 2.31 bits per heavy atom. The highest BCUT2D eigenvalue weighted by molar-refractivity contribution is 9.10. The van der Waals surface area contributed by atoms with Gasteiger partial charge in [-0.15, -0.1) is 0 Å². The van der Waals surface area contributed by atoms with Crippen LogP contribution in [0.3, 0.4) is 0 Å². The summed E-state index contributed by atoms with van der Waals surface area (Å²) in [4.78, 5) is 2.45. The number of halogens is 1. The number of likely N-dealkylation sites (tertiary alicyclic amines) is 1. The summed E-state index contributed by atoms with van der Waals surface area (Å²) in [7, 11) is 0. The second kappa shape index (κ2) is 5.30. The number of aryl methyl sites for hydroxylation is 1. The fourth-order valence-electron chi connectivity index (χ4n) is 2.26. The zero-order valence-electron chi connectivity index (χ0n) is 9.75. The smallest absolute Gasteiger partial charge is 0.0245 e. The van der Waals surface area contributed by atoms with Gasteiger partial charge in [-0.1, -0.05) is 28.1 Å². The topological polar surface area (TPSA) is 29.3 Å². The Morgan fingerprint density at radius 3 is 3.00 bits per heavy atom. The quantitative estimate of drug-likeness (QED) is 0.904. The molecular formula is C13H19BrN2. The molecule has 0 amide bonds. The van der Waals surface area contributed by atoms with Crippen molar-refractivity contribution in [3.63, 3.8) is 0 Å². The molecule has 1 aromatic rings. The van der Waals surface area contributed by atoms with Crippen LogP contribution in [0.2, 0.25) is 0 Å². The predicted octanol–water partition coefficient (Wildman–Crippen LogP) is 2.68. The number of benzene rings is 1. The van der Waals surface area contributed by atoms with E-state index in [1.165, 1.54) is 35.0 Å². The van der Waals surface area contributed by atoms with Crippen molar-refractivity contribution < 1.29 is 0 Å². The molecule has 0 spiro atoms. The van der Waals surface area contributed by atoms with E-state index in [2.05, 4.69) is 46.0 Å². The summed E-state index contributed by atoms with van der Waals surface area (Å²) in [6.45, 7) is 5.33. The summed E-state index contributed by atoms with van der Waals surface area (Å²) in [5.41, 5.74) is 8.65. The van der Waals surface area contributed by atoms with Gasteiger partial charge in [-0.3, -0.25) is 4.90 Å².